The van der Waals surface area contributed by atoms with Gasteiger partial charge < -0.3 is 0 Å². The van der Waals surface area contributed by atoms with Crippen LogP contribution in [-0.2, 0) is 32.7 Å². The molecule has 0 spiro atoms. The summed E-state index contributed by atoms with van der Waals surface area (Å²) in [5.74, 6) is 0. The molecule has 0 fully saturated rings. The summed E-state index contributed by atoms with van der Waals surface area (Å²) in [6, 6.07) is 29.3. The van der Waals surface area contributed by atoms with E-state index in [0.29, 0.717) is 0 Å². The van der Waals surface area contributed by atoms with Gasteiger partial charge >= 0.3 is 32.7 Å². The van der Waals surface area contributed by atoms with Gasteiger partial charge in [0.2, 0.25) is 0 Å². The largest absolute Gasteiger partial charge is 3.00 e. The quantitative estimate of drug-likeness (QED) is 0.331. The van der Waals surface area contributed by atoms with Gasteiger partial charge in [0.15, 0.2) is 0 Å². The predicted molar refractivity (Wildman–Crippen MR) is 94.6 cm³/mol. The first kappa shape index (κ1) is 18.4. The minimum atomic E-state index is 0. The van der Waals surface area contributed by atoms with E-state index in [4.69, 9.17) is 0 Å². The van der Waals surface area contributed by atoms with Gasteiger partial charge in [-0.1, -0.05) is 12.1 Å². The molecule has 0 atom stereocenters. The first-order chi connectivity index (χ1) is 10.3. The van der Waals surface area contributed by atoms with Crippen LogP contribution in [0.25, 0.3) is 21.5 Å². The summed E-state index contributed by atoms with van der Waals surface area (Å²) in [7, 11) is 0. The van der Waals surface area contributed by atoms with E-state index < -0.39 is 0 Å². The van der Waals surface area contributed by atoms with Gasteiger partial charge in [0, 0.05) is 0 Å². The van der Waals surface area contributed by atoms with E-state index >= 15 is 0 Å². The van der Waals surface area contributed by atoms with Crippen molar-refractivity contribution in [3.05, 3.63) is 105 Å². The molecule has 0 aliphatic heterocycles. The average molecular weight is 360 g/mol. The third kappa shape index (κ3) is 5.29. The number of benzene rings is 2. The Hall–Kier alpha value is -1.63. The van der Waals surface area contributed by atoms with Gasteiger partial charge in [-0.15, -0.1) is 59.3 Å². The second-order valence-corrected chi connectivity index (χ2v) is 4.60. The average Bonchev–Trinajstić information content (AvgIpc) is 3.17. The van der Waals surface area contributed by atoms with Crippen molar-refractivity contribution in [2.75, 3.05) is 0 Å². The molecule has 4 aromatic carbocycles. The number of hydrogen-bond donors (Lipinski definition) is 0. The number of allylic oxidation sites excluding steroid dienone is 1. The van der Waals surface area contributed by atoms with E-state index in [1.54, 1.807) is 0 Å². The monoisotopic (exact) mass is 360 g/mol. The van der Waals surface area contributed by atoms with Gasteiger partial charge in [-0.2, -0.15) is 35.0 Å². The third-order valence-electron chi connectivity index (χ3n) is 3.10. The summed E-state index contributed by atoms with van der Waals surface area (Å²) in [6.07, 6.45) is 1.50. The zero-order valence-electron chi connectivity index (χ0n) is 12.7. The molecule has 0 aliphatic carbocycles. The summed E-state index contributed by atoms with van der Waals surface area (Å²) in [6.45, 7) is 6.50. The van der Waals surface area contributed by atoms with E-state index in [-0.39, 0.29) is 32.7 Å². The van der Waals surface area contributed by atoms with Crippen molar-refractivity contribution in [2.24, 2.45) is 0 Å². The van der Waals surface area contributed by atoms with E-state index in [2.05, 4.69) is 98.4 Å². The molecule has 0 aliphatic rings. The van der Waals surface area contributed by atoms with Crippen LogP contribution in [0.5, 0.6) is 0 Å². The minimum Gasteiger partial charge on any atom is -0.245 e. The summed E-state index contributed by atoms with van der Waals surface area (Å²) in [4.78, 5) is 0. The van der Waals surface area contributed by atoms with Crippen LogP contribution >= 0.6 is 0 Å². The number of rotatable bonds is 0. The summed E-state index contributed by atoms with van der Waals surface area (Å²) >= 11 is 0. The SMILES string of the molecule is C=C[CH2-].[Y+3].c1ccc2[cH-]ccc2c1.c1ccc2[cH-]ccc2c1. The zero-order valence-corrected chi connectivity index (χ0v) is 15.5. The van der Waals surface area contributed by atoms with Crippen molar-refractivity contribution in [3.63, 3.8) is 0 Å². The van der Waals surface area contributed by atoms with Gasteiger partial charge in [-0.05, 0) is 0 Å². The Morgan fingerprint density at radius 3 is 1.45 bits per heavy atom. The fraction of sp³-hybridized carbons (Fsp3) is 0. The van der Waals surface area contributed by atoms with Crippen molar-refractivity contribution < 1.29 is 32.7 Å². The van der Waals surface area contributed by atoms with Crippen LogP contribution in [0.2, 0.25) is 0 Å². The molecule has 0 N–H and O–H groups in total. The van der Waals surface area contributed by atoms with E-state index in [9.17, 15) is 0 Å². The Labute approximate surface area is 158 Å². The Morgan fingerprint density at radius 1 is 0.727 bits per heavy atom. The molecule has 0 bridgehead atoms. The van der Waals surface area contributed by atoms with Crippen LogP contribution in [0.3, 0.4) is 0 Å². The van der Waals surface area contributed by atoms with Crippen molar-refractivity contribution in [3.8, 4) is 0 Å². The van der Waals surface area contributed by atoms with E-state index in [1.165, 1.54) is 27.6 Å². The van der Waals surface area contributed by atoms with E-state index in [1.807, 2.05) is 0 Å². The Morgan fingerprint density at radius 2 is 1.09 bits per heavy atom. The molecule has 0 aromatic heterocycles. The van der Waals surface area contributed by atoms with Crippen molar-refractivity contribution in [1.82, 2.24) is 0 Å². The van der Waals surface area contributed by atoms with Crippen LogP contribution in [-0.4, -0.2) is 0 Å². The molecule has 0 radical (unpaired) electrons. The second kappa shape index (κ2) is 10.2. The number of hydrogen-bond acceptors (Lipinski definition) is 0. The summed E-state index contributed by atoms with van der Waals surface area (Å²) in [5.41, 5.74) is 0. The van der Waals surface area contributed by atoms with Gasteiger partial charge in [-0.25, -0.2) is 19.6 Å². The molecule has 0 saturated carbocycles. The molecule has 22 heavy (non-hydrogen) atoms. The minimum absolute atomic E-state index is 0. The number of fused-ring (bicyclic) bond motifs is 2. The Kier molecular flexibility index (Phi) is 8.51. The van der Waals surface area contributed by atoms with Crippen LogP contribution in [0.4, 0.5) is 0 Å². The molecule has 0 nitrogen and oxygen atoms in total. The Bertz CT molecular complexity index is 663. The van der Waals surface area contributed by atoms with Gasteiger partial charge in [-0.3, -0.25) is 0 Å². The van der Waals surface area contributed by atoms with Gasteiger partial charge in [0.25, 0.3) is 0 Å². The van der Waals surface area contributed by atoms with Gasteiger partial charge in [0.1, 0.15) is 0 Å². The van der Waals surface area contributed by atoms with E-state index in [0.717, 1.165) is 0 Å². The van der Waals surface area contributed by atoms with Crippen LogP contribution < -0.4 is 0 Å². The Balaban J connectivity index is 0.000000181. The molecule has 0 amide bonds. The molecular weight excluding hydrogens is 341 g/mol. The molecule has 4 aromatic rings. The van der Waals surface area contributed by atoms with Crippen LogP contribution in [0.15, 0.2) is 97.6 Å². The topological polar surface area (TPSA) is 0 Å². The predicted octanol–water partition coefficient (Wildman–Crippen LogP) is 6.12. The van der Waals surface area contributed by atoms with Crippen molar-refractivity contribution in [2.45, 2.75) is 0 Å². The summed E-state index contributed by atoms with van der Waals surface area (Å²) < 4.78 is 0. The molecule has 0 unspecified atom stereocenters. The molecule has 0 heterocycles. The normalized spacial score (nSPS) is 8.91. The summed E-state index contributed by atoms with van der Waals surface area (Å²) in [5, 5.41) is 5.32. The third-order valence-corrected chi connectivity index (χ3v) is 3.10. The fourth-order valence-corrected chi connectivity index (χ4v) is 2.14. The molecule has 106 valence electrons. The molecule has 1 heteroatoms. The van der Waals surface area contributed by atoms with Crippen LogP contribution in [0, 0.1) is 6.92 Å². The maximum Gasteiger partial charge on any atom is 3.00 e. The molecular formula is C21H19Y. The second-order valence-electron chi connectivity index (χ2n) is 4.60. The van der Waals surface area contributed by atoms with Crippen LogP contribution in [0.1, 0.15) is 0 Å². The fourth-order valence-electron chi connectivity index (χ4n) is 2.14. The van der Waals surface area contributed by atoms with Gasteiger partial charge in [0.05, 0.1) is 0 Å². The standard InChI is InChI=1S/2C9H7.C3H5.Y/c2*1-2-5-9-7-3-6-8(9)4-1;1-3-2;/h2*1-7H;3H,1-2H2;/q3*-1;+3. The maximum absolute atomic E-state index is 3.25. The first-order valence-corrected chi connectivity index (χ1v) is 6.96. The smallest absolute Gasteiger partial charge is 0.245 e. The maximum atomic E-state index is 3.25. The first-order valence-electron chi connectivity index (χ1n) is 6.96. The van der Waals surface area contributed by atoms with Crippen molar-refractivity contribution in [1.29, 1.82) is 0 Å². The molecule has 4 rings (SSSR count). The molecule has 0 saturated heterocycles. The van der Waals surface area contributed by atoms with Crippen molar-refractivity contribution >= 4 is 21.5 Å². The zero-order chi connectivity index (χ0) is 14.9.